The summed E-state index contributed by atoms with van der Waals surface area (Å²) in [7, 11) is 0. The largest absolute Gasteiger partial charge is 0.442 e. The van der Waals surface area contributed by atoms with Crippen LogP contribution in [-0.2, 0) is 4.74 Å². The van der Waals surface area contributed by atoms with Crippen LogP contribution in [-0.4, -0.2) is 36.1 Å². The predicted molar refractivity (Wildman–Crippen MR) is 105 cm³/mol. The van der Waals surface area contributed by atoms with E-state index in [0.29, 0.717) is 0 Å². The predicted octanol–water partition coefficient (Wildman–Crippen LogP) is 3.88. The van der Waals surface area contributed by atoms with Crippen molar-refractivity contribution >= 4 is 23.4 Å². The minimum absolute atomic E-state index is 0.0310. The van der Waals surface area contributed by atoms with Crippen LogP contribution in [0.1, 0.15) is 42.5 Å². The number of alkyl carbamates (subject to hydrolysis) is 1. The first-order valence-electron chi connectivity index (χ1n) is 9.24. The van der Waals surface area contributed by atoms with E-state index in [2.05, 4.69) is 20.7 Å². The summed E-state index contributed by atoms with van der Waals surface area (Å²) in [6.45, 7) is 0.162. The minimum atomic E-state index is -0.733. The number of nitrogens with zero attached hydrogens (tertiary/aromatic N) is 4. The third-order valence-electron chi connectivity index (χ3n) is 4.23. The zero-order valence-electron chi connectivity index (χ0n) is 15.7. The summed E-state index contributed by atoms with van der Waals surface area (Å²) < 4.78 is 5.33. The lowest BCUT2D eigenvalue weighted by molar-refractivity contribution is -0.385. The van der Waals surface area contributed by atoms with E-state index in [-0.39, 0.29) is 30.4 Å². The van der Waals surface area contributed by atoms with Crippen LogP contribution >= 0.6 is 0 Å². The van der Waals surface area contributed by atoms with Crippen molar-refractivity contribution < 1.29 is 19.2 Å². The molecule has 29 heavy (non-hydrogen) atoms. The molecule has 0 heterocycles. The molecule has 0 bridgehead atoms. The van der Waals surface area contributed by atoms with E-state index >= 15 is 0 Å². The molecule has 0 radical (unpaired) electrons. The van der Waals surface area contributed by atoms with Crippen molar-refractivity contribution in [2.45, 2.75) is 38.2 Å². The molecule has 11 nitrogen and oxygen atoms in total. The normalized spacial score (nSPS) is 17.0. The molecule has 1 aliphatic carbocycles. The molecule has 0 aromatic heterocycles. The Morgan fingerprint density at radius 3 is 2.83 bits per heavy atom. The molecule has 1 aromatic rings. The average molecular weight is 402 g/mol. The van der Waals surface area contributed by atoms with Gasteiger partial charge in [0.25, 0.3) is 11.6 Å². The number of hydrogen-bond donors (Lipinski definition) is 2. The highest BCUT2D eigenvalue weighted by Crippen LogP contribution is 2.25. The standard InChI is InChI=1S/C18H22N6O5/c19-23-22-13-8-9-15(16(12-13)24(27)28)17(25)20-10-11-21-18(26)29-14-6-4-2-1-3-5-7-14/h4,6,8-9,12,14H,1-3,5,7,10-11H2,(H,20,25)(H,21,26)/b6-4+. The highest BCUT2D eigenvalue weighted by atomic mass is 16.6. The van der Waals surface area contributed by atoms with E-state index < -0.39 is 22.6 Å². The van der Waals surface area contributed by atoms with Crippen LogP contribution in [0.25, 0.3) is 10.4 Å². The fourth-order valence-corrected chi connectivity index (χ4v) is 2.82. The number of nitro groups is 1. The van der Waals surface area contributed by atoms with E-state index in [1.807, 2.05) is 12.2 Å². The number of carbonyl (C=O) groups is 2. The quantitative estimate of drug-likeness (QED) is 0.134. The van der Waals surface area contributed by atoms with Gasteiger partial charge in [0.1, 0.15) is 11.7 Å². The van der Waals surface area contributed by atoms with Crippen molar-refractivity contribution in [1.29, 1.82) is 0 Å². The molecule has 2 rings (SSSR count). The molecular formula is C18H22N6O5. The SMILES string of the molecule is [N-]=[N+]=Nc1ccc(C(=O)NCCNC(=O)OC2/C=C/CCCCC2)c([N+](=O)[O-])c1. The first-order chi connectivity index (χ1) is 14.0. The number of nitrogens with one attached hydrogen (secondary N) is 2. The zero-order valence-corrected chi connectivity index (χ0v) is 15.7. The van der Waals surface area contributed by atoms with E-state index in [9.17, 15) is 19.7 Å². The minimum Gasteiger partial charge on any atom is -0.442 e. The van der Waals surface area contributed by atoms with E-state index in [1.165, 1.54) is 12.1 Å². The summed E-state index contributed by atoms with van der Waals surface area (Å²) in [5.41, 5.74) is 7.79. The van der Waals surface area contributed by atoms with Crippen LogP contribution in [0.3, 0.4) is 0 Å². The monoisotopic (exact) mass is 402 g/mol. The molecule has 1 aliphatic rings. The van der Waals surface area contributed by atoms with Crippen LogP contribution in [0.4, 0.5) is 16.2 Å². The summed E-state index contributed by atoms with van der Waals surface area (Å²) in [5.74, 6) is -0.678. The van der Waals surface area contributed by atoms with Gasteiger partial charge in [-0.25, -0.2) is 4.79 Å². The molecule has 0 aliphatic heterocycles. The molecule has 1 atom stereocenters. The van der Waals surface area contributed by atoms with Crippen molar-refractivity contribution in [3.8, 4) is 0 Å². The molecule has 11 heteroatoms. The van der Waals surface area contributed by atoms with Crippen molar-refractivity contribution in [1.82, 2.24) is 10.6 Å². The molecule has 0 saturated heterocycles. The van der Waals surface area contributed by atoms with Crippen LogP contribution in [0.15, 0.2) is 35.5 Å². The number of azide groups is 1. The molecule has 0 spiro atoms. The number of allylic oxidation sites excluding steroid dienone is 1. The summed E-state index contributed by atoms with van der Waals surface area (Å²) in [4.78, 5) is 37.0. The van der Waals surface area contributed by atoms with Crippen molar-refractivity contribution in [3.63, 3.8) is 0 Å². The van der Waals surface area contributed by atoms with Crippen molar-refractivity contribution in [2.75, 3.05) is 13.1 Å². The Kier molecular flexibility index (Phi) is 8.46. The zero-order chi connectivity index (χ0) is 21.1. The summed E-state index contributed by atoms with van der Waals surface area (Å²) in [5, 5.41) is 19.5. The third kappa shape index (κ3) is 7.15. The van der Waals surface area contributed by atoms with Gasteiger partial charge in [-0.15, -0.1) is 0 Å². The Hall–Kier alpha value is -3.59. The first kappa shape index (κ1) is 21.7. The van der Waals surface area contributed by atoms with E-state index in [0.717, 1.165) is 38.2 Å². The van der Waals surface area contributed by atoms with Crippen LogP contribution in [0, 0.1) is 10.1 Å². The summed E-state index contributed by atoms with van der Waals surface area (Å²) >= 11 is 0. The first-order valence-corrected chi connectivity index (χ1v) is 9.24. The number of benzene rings is 1. The summed E-state index contributed by atoms with van der Waals surface area (Å²) in [6.07, 6.45) is 8.04. The number of hydrogen-bond acceptors (Lipinski definition) is 6. The van der Waals surface area contributed by atoms with Gasteiger partial charge in [-0.05, 0) is 43.4 Å². The number of ether oxygens (including phenoxy) is 1. The highest BCUT2D eigenvalue weighted by Gasteiger charge is 2.20. The number of rotatable bonds is 7. The lowest BCUT2D eigenvalue weighted by Crippen LogP contribution is -2.36. The lowest BCUT2D eigenvalue weighted by atomic mass is 10.0. The lowest BCUT2D eigenvalue weighted by Gasteiger charge is -2.16. The summed E-state index contributed by atoms with van der Waals surface area (Å²) in [6, 6.07) is 3.53. The van der Waals surface area contributed by atoms with Gasteiger partial charge in [0, 0.05) is 29.8 Å². The fourth-order valence-electron chi connectivity index (χ4n) is 2.82. The van der Waals surface area contributed by atoms with Gasteiger partial charge in [-0.1, -0.05) is 23.7 Å². The van der Waals surface area contributed by atoms with Gasteiger partial charge in [-0.3, -0.25) is 14.9 Å². The number of nitro benzene ring substituents is 1. The highest BCUT2D eigenvalue weighted by molar-refractivity contribution is 5.98. The van der Waals surface area contributed by atoms with Crippen molar-refractivity contribution in [3.05, 3.63) is 56.5 Å². The van der Waals surface area contributed by atoms with Gasteiger partial charge >= 0.3 is 6.09 Å². The molecule has 0 saturated carbocycles. The Morgan fingerprint density at radius 2 is 2.07 bits per heavy atom. The van der Waals surface area contributed by atoms with Gasteiger partial charge in [0.15, 0.2) is 0 Å². The second-order valence-electron chi connectivity index (χ2n) is 6.34. The second-order valence-corrected chi connectivity index (χ2v) is 6.34. The fraction of sp³-hybridized carbons (Fsp3) is 0.444. The molecule has 2 amide bonds. The molecule has 0 fully saturated rings. The Morgan fingerprint density at radius 1 is 1.28 bits per heavy atom. The van der Waals surface area contributed by atoms with E-state index in [4.69, 9.17) is 10.3 Å². The molecule has 154 valence electrons. The molecule has 2 N–H and O–H groups in total. The molecular weight excluding hydrogens is 380 g/mol. The third-order valence-corrected chi connectivity index (χ3v) is 4.23. The molecule has 1 aromatic carbocycles. The van der Waals surface area contributed by atoms with Crippen molar-refractivity contribution in [2.24, 2.45) is 5.11 Å². The maximum atomic E-state index is 12.2. The Balaban J connectivity index is 1.82. The second kappa shape index (κ2) is 11.3. The van der Waals surface area contributed by atoms with Crippen LogP contribution < -0.4 is 10.6 Å². The van der Waals surface area contributed by atoms with Gasteiger partial charge in [0.2, 0.25) is 0 Å². The average Bonchev–Trinajstić information content (AvgIpc) is 2.67. The topological polar surface area (TPSA) is 159 Å². The van der Waals surface area contributed by atoms with E-state index in [1.54, 1.807) is 0 Å². The molecule has 1 unspecified atom stereocenters. The Labute approximate surface area is 166 Å². The van der Waals surface area contributed by atoms with Gasteiger partial charge < -0.3 is 15.4 Å². The number of carbonyl (C=O) groups excluding carboxylic acids is 2. The number of amides is 2. The van der Waals surface area contributed by atoms with Gasteiger partial charge in [-0.2, -0.15) is 0 Å². The maximum absolute atomic E-state index is 12.2. The van der Waals surface area contributed by atoms with Gasteiger partial charge in [0.05, 0.1) is 4.92 Å². The maximum Gasteiger partial charge on any atom is 0.407 e. The van der Waals surface area contributed by atoms with Crippen LogP contribution in [0.5, 0.6) is 0 Å². The smallest absolute Gasteiger partial charge is 0.407 e. The van der Waals surface area contributed by atoms with Crippen LogP contribution in [0.2, 0.25) is 0 Å². The Bertz CT molecular complexity index is 834.